The SMILES string of the molecule is COC(=O)c1cc(C)cc(NC(C)C)c1N. The van der Waals surface area contributed by atoms with Crippen LogP contribution in [0, 0.1) is 6.92 Å². The van der Waals surface area contributed by atoms with E-state index in [1.54, 1.807) is 6.07 Å². The molecule has 0 saturated heterocycles. The number of esters is 1. The Bertz CT molecular complexity index is 400. The number of nitrogens with two attached hydrogens (primary N) is 1. The molecule has 0 bridgehead atoms. The number of rotatable bonds is 3. The Labute approximate surface area is 95.8 Å². The van der Waals surface area contributed by atoms with E-state index in [9.17, 15) is 4.79 Å². The van der Waals surface area contributed by atoms with Gasteiger partial charge in [-0.05, 0) is 38.5 Å². The molecule has 0 amide bonds. The summed E-state index contributed by atoms with van der Waals surface area (Å²) < 4.78 is 4.69. The van der Waals surface area contributed by atoms with Crippen LogP contribution in [0.15, 0.2) is 12.1 Å². The molecule has 0 unspecified atom stereocenters. The highest BCUT2D eigenvalue weighted by Gasteiger charge is 2.14. The zero-order valence-electron chi connectivity index (χ0n) is 10.1. The standard InChI is InChI=1S/C12H18N2O2/c1-7(2)14-10-6-8(3)5-9(11(10)13)12(15)16-4/h5-7,14H,13H2,1-4H3. The van der Waals surface area contributed by atoms with Gasteiger partial charge in [0.15, 0.2) is 0 Å². The highest BCUT2D eigenvalue weighted by Crippen LogP contribution is 2.26. The molecule has 0 aliphatic carbocycles. The highest BCUT2D eigenvalue weighted by atomic mass is 16.5. The van der Waals surface area contributed by atoms with Crippen LogP contribution in [0.3, 0.4) is 0 Å². The summed E-state index contributed by atoms with van der Waals surface area (Å²) in [6.07, 6.45) is 0. The topological polar surface area (TPSA) is 64.3 Å². The number of hydrogen-bond acceptors (Lipinski definition) is 4. The van der Waals surface area contributed by atoms with Crippen LogP contribution >= 0.6 is 0 Å². The van der Waals surface area contributed by atoms with Gasteiger partial charge < -0.3 is 15.8 Å². The molecule has 16 heavy (non-hydrogen) atoms. The van der Waals surface area contributed by atoms with E-state index >= 15 is 0 Å². The molecule has 0 radical (unpaired) electrons. The van der Waals surface area contributed by atoms with Crippen LogP contribution in [0.25, 0.3) is 0 Å². The van der Waals surface area contributed by atoms with E-state index in [0.29, 0.717) is 11.3 Å². The third-order valence-corrected chi connectivity index (χ3v) is 2.17. The summed E-state index contributed by atoms with van der Waals surface area (Å²) in [5.41, 5.74) is 8.50. The van der Waals surface area contributed by atoms with Crippen molar-refractivity contribution in [3.05, 3.63) is 23.3 Å². The molecule has 0 fully saturated rings. The normalized spacial score (nSPS) is 10.3. The fourth-order valence-electron chi connectivity index (χ4n) is 1.51. The summed E-state index contributed by atoms with van der Waals surface area (Å²) in [5, 5.41) is 3.20. The van der Waals surface area contributed by atoms with Gasteiger partial charge >= 0.3 is 5.97 Å². The first-order chi connectivity index (χ1) is 7.45. The van der Waals surface area contributed by atoms with Crippen LogP contribution < -0.4 is 11.1 Å². The van der Waals surface area contributed by atoms with Gasteiger partial charge in [0.2, 0.25) is 0 Å². The van der Waals surface area contributed by atoms with E-state index in [1.807, 2.05) is 26.8 Å². The second-order valence-electron chi connectivity index (χ2n) is 4.06. The molecule has 4 nitrogen and oxygen atoms in total. The zero-order chi connectivity index (χ0) is 12.3. The minimum absolute atomic E-state index is 0.259. The molecular weight excluding hydrogens is 204 g/mol. The first-order valence-corrected chi connectivity index (χ1v) is 5.20. The van der Waals surface area contributed by atoms with Crippen molar-refractivity contribution in [3.8, 4) is 0 Å². The summed E-state index contributed by atoms with van der Waals surface area (Å²) in [4.78, 5) is 11.5. The maximum absolute atomic E-state index is 11.5. The summed E-state index contributed by atoms with van der Waals surface area (Å²) >= 11 is 0. The Morgan fingerprint density at radius 1 is 1.44 bits per heavy atom. The number of carbonyl (C=O) groups is 1. The fourth-order valence-corrected chi connectivity index (χ4v) is 1.51. The van der Waals surface area contributed by atoms with Gasteiger partial charge in [-0.15, -0.1) is 0 Å². The number of nitrogens with one attached hydrogen (secondary N) is 1. The average molecular weight is 222 g/mol. The lowest BCUT2D eigenvalue weighted by atomic mass is 10.1. The molecule has 1 aromatic carbocycles. The molecule has 0 atom stereocenters. The Balaban J connectivity index is 3.20. The Kier molecular flexibility index (Phi) is 3.77. The van der Waals surface area contributed by atoms with Gasteiger partial charge in [-0.1, -0.05) is 0 Å². The maximum atomic E-state index is 11.5. The van der Waals surface area contributed by atoms with Gasteiger partial charge in [-0.3, -0.25) is 0 Å². The van der Waals surface area contributed by atoms with Crippen molar-refractivity contribution in [1.29, 1.82) is 0 Å². The van der Waals surface area contributed by atoms with Gasteiger partial charge in [0.25, 0.3) is 0 Å². The van der Waals surface area contributed by atoms with Crippen molar-refractivity contribution in [2.75, 3.05) is 18.2 Å². The lowest BCUT2D eigenvalue weighted by Gasteiger charge is -2.15. The summed E-state index contributed by atoms with van der Waals surface area (Å²) in [6, 6.07) is 3.91. The predicted octanol–water partition coefficient (Wildman–Crippen LogP) is 2.18. The van der Waals surface area contributed by atoms with Gasteiger partial charge in [0.05, 0.1) is 24.0 Å². The third kappa shape index (κ3) is 2.66. The van der Waals surface area contributed by atoms with Gasteiger partial charge in [0.1, 0.15) is 0 Å². The van der Waals surface area contributed by atoms with Crippen molar-refractivity contribution < 1.29 is 9.53 Å². The van der Waals surface area contributed by atoms with Crippen LogP contribution in [0.4, 0.5) is 11.4 Å². The second-order valence-corrected chi connectivity index (χ2v) is 4.06. The summed E-state index contributed by atoms with van der Waals surface area (Å²) in [7, 11) is 1.35. The summed E-state index contributed by atoms with van der Waals surface area (Å²) in [6.45, 7) is 5.94. The fraction of sp³-hybridized carbons (Fsp3) is 0.417. The number of anilines is 2. The number of hydrogen-bond donors (Lipinski definition) is 2. The first-order valence-electron chi connectivity index (χ1n) is 5.20. The molecule has 0 aromatic heterocycles. The van der Waals surface area contributed by atoms with Crippen molar-refractivity contribution in [3.63, 3.8) is 0 Å². The molecule has 0 aliphatic rings. The lowest BCUT2D eigenvalue weighted by molar-refractivity contribution is 0.0602. The van der Waals surface area contributed by atoms with Crippen LogP contribution in [0.2, 0.25) is 0 Å². The number of aryl methyl sites for hydroxylation is 1. The highest BCUT2D eigenvalue weighted by molar-refractivity contribution is 5.98. The molecule has 4 heteroatoms. The van der Waals surface area contributed by atoms with Crippen LogP contribution in [0.1, 0.15) is 29.8 Å². The molecular formula is C12H18N2O2. The maximum Gasteiger partial charge on any atom is 0.340 e. The molecule has 0 saturated carbocycles. The van der Waals surface area contributed by atoms with E-state index in [2.05, 4.69) is 10.1 Å². The van der Waals surface area contributed by atoms with Crippen molar-refractivity contribution in [1.82, 2.24) is 0 Å². The second kappa shape index (κ2) is 4.88. The van der Waals surface area contributed by atoms with Crippen LogP contribution in [0.5, 0.6) is 0 Å². The van der Waals surface area contributed by atoms with E-state index in [0.717, 1.165) is 11.3 Å². The number of methoxy groups -OCH3 is 1. The van der Waals surface area contributed by atoms with Crippen molar-refractivity contribution in [2.45, 2.75) is 26.8 Å². The van der Waals surface area contributed by atoms with Crippen molar-refractivity contribution in [2.24, 2.45) is 0 Å². The largest absolute Gasteiger partial charge is 0.465 e. The Hall–Kier alpha value is -1.71. The Morgan fingerprint density at radius 2 is 2.06 bits per heavy atom. The van der Waals surface area contributed by atoms with E-state index in [4.69, 9.17) is 5.73 Å². The average Bonchev–Trinajstić information content (AvgIpc) is 2.21. The lowest BCUT2D eigenvalue weighted by Crippen LogP contribution is -2.14. The predicted molar refractivity (Wildman–Crippen MR) is 65.7 cm³/mol. The zero-order valence-corrected chi connectivity index (χ0v) is 10.1. The molecule has 88 valence electrons. The van der Waals surface area contributed by atoms with E-state index in [-0.39, 0.29) is 6.04 Å². The number of ether oxygens (including phenoxy) is 1. The van der Waals surface area contributed by atoms with Gasteiger partial charge in [-0.2, -0.15) is 0 Å². The summed E-state index contributed by atoms with van der Waals surface area (Å²) in [5.74, 6) is -0.409. The van der Waals surface area contributed by atoms with Crippen molar-refractivity contribution >= 4 is 17.3 Å². The quantitative estimate of drug-likeness (QED) is 0.607. The smallest absolute Gasteiger partial charge is 0.340 e. The molecule has 0 spiro atoms. The molecule has 0 aliphatic heterocycles. The molecule has 0 heterocycles. The Morgan fingerprint density at radius 3 is 2.56 bits per heavy atom. The van der Waals surface area contributed by atoms with E-state index < -0.39 is 5.97 Å². The third-order valence-electron chi connectivity index (χ3n) is 2.17. The molecule has 1 rings (SSSR count). The molecule has 3 N–H and O–H groups in total. The number of benzene rings is 1. The number of carbonyl (C=O) groups excluding carboxylic acids is 1. The van der Waals surface area contributed by atoms with E-state index in [1.165, 1.54) is 7.11 Å². The van der Waals surface area contributed by atoms with Gasteiger partial charge in [0, 0.05) is 6.04 Å². The minimum Gasteiger partial charge on any atom is -0.465 e. The molecule has 1 aromatic rings. The number of nitrogen functional groups attached to an aromatic ring is 1. The van der Waals surface area contributed by atoms with Crippen LogP contribution in [-0.4, -0.2) is 19.1 Å². The first kappa shape index (κ1) is 12.4. The van der Waals surface area contributed by atoms with Crippen LogP contribution in [-0.2, 0) is 4.74 Å². The van der Waals surface area contributed by atoms with Gasteiger partial charge in [-0.25, -0.2) is 4.79 Å². The minimum atomic E-state index is -0.409. The monoisotopic (exact) mass is 222 g/mol.